The Morgan fingerprint density at radius 1 is 1.50 bits per heavy atom. The minimum Gasteiger partial charge on any atom is -0.207 e. The minimum absolute atomic E-state index is 0.245. The zero-order valence-electron chi connectivity index (χ0n) is 6.23. The lowest BCUT2D eigenvalue weighted by molar-refractivity contribution is 0.627. The average molecular weight is 250 g/mol. The van der Waals surface area contributed by atoms with Gasteiger partial charge in [-0.3, -0.25) is 0 Å². The van der Waals surface area contributed by atoms with Gasteiger partial charge in [0, 0.05) is 10.4 Å². The van der Waals surface area contributed by atoms with Gasteiger partial charge in [-0.1, -0.05) is 34.1 Å². The van der Waals surface area contributed by atoms with E-state index in [-0.39, 0.29) is 5.82 Å². The molecule has 0 aliphatic heterocycles. The van der Waals surface area contributed by atoms with E-state index in [1.807, 2.05) is 6.08 Å². The minimum atomic E-state index is -0.245. The predicted octanol–water partition coefficient (Wildman–Crippen LogP) is 3.84. The summed E-state index contributed by atoms with van der Waals surface area (Å²) in [6, 6.07) is 4.54. The second kappa shape index (κ2) is 4.63. The maximum absolute atomic E-state index is 12.6. The molecule has 1 aromatic carbocycles. The lowest BCUT2D eigenvalue weighted by Gasteiger charge is -1.96. The second-order valence-electron chi connectivity index (χ2n) is 2.22. The van der Waals surface area contributed by atoms with Gasteiger partial charge >= 0.3 is 0 Å². The lowest BCUT2D eigenvalue weighted by Crippen LogP contribution is -1.78. The Morgan fingerprint density at radius 2 is 2.25 bits per heavy atom. The number of benzene rings is 1. The number of alkyl halides is 1. The zero-order valence-corrected chi connectivity index (χ0v) is 8.57. The van der Waals surface area contributed by atoms with E-state index < -0.39 is 0 Å². The predicted molar refractivity (Wildman–Crippen MR) is 53.9 cm³/mol. The molecule has 0 radical (unpaired) electrons. The van der Waals surface area contributed by atoms with Crippen molar-refractivity contribution in [3.05, 3.63) is 40.1 Å². The van der Waals surface area contributed by atoms with Gasteiger partial charge in [-0.05, 0) is 17.7 Å². The Morgan fingerprint density at radius 3 is 2.83 bits per heavy atom. The lowest BCUT2D eigenvalue weighted by atomic mass is 10.2. The summed E-state index contributed by atoms with van der Waals surface area (Å²) in [4.78, 5) is 0. The first kappa shape index (κ1) is 9.75. The van der Waals surface area contributed by atoms with Crippen LogP contribution in [0.2, 0.25) is 0 Å². The maximum Gasteiger partial charge on any atom is 0.124 e. The summed E-state index contributed by atoms with van der Waals surface area (Å²) in [7, 11) is 0. The normalized spacial score (nSPS) is 10.9. The third-order valence-corrected chi connectivity index (χ3v) is 2.21. The van der Waals surface area contributed by atoms with Gasteiger partial charge in [0.15, 0.2) is 0 Å². The van der Waals surface area contributed by atoms with E-state index in [2.05, 4.69) is 15.9 Å². The number of rotatable bonds is 2. The van der Waals surface area contributed by atoms with Gasteiger partial charge in [0.1, 0.15) is 5.82 Å². The van der Waals surface area contributed by atoms with Crippen molar-refractivity contribution in [3.8, 4) is 0 Å². The van der Waals surface area contributed by atoms with E-state index in [1.165, 1.54) is 12.1 Å². The molecule has 0 fully saturated rings. The monoisotopic (exact) mass is 248 g/mol. The molecule has 0 heterocycles. The molecule has 0 unspecified atom stereocenters. The Hall–Kier alpha value is -0.340. The van der Waals surface area contributed by atoms with Crippen LogP contribution in [0.25, 0.3) is 6.08 Å². The zero-order chi connectivity index (χ0) is 8.97. The molecule has 0 aliphatic rings. The van der Waals surface area contributed by atoms with Crippen LogP contribution in [0, 0.1) is 5.82 Å². The van der Waals surface area contributed by atoms with E-state index in [9.17, 15) is 4.39 Å². The summed E-state index contributed by atoms with van der Waals surface area (Å²) in [5.74, 6) is 0.217. The van der Waals surface area contributed by atoms with Gasteiger partial charge in [0.25, 0.3) is 0 Å². The molecule has 0 saturated heterocycles. The highest BCUT2D eigenvalue weighted by atomic mass is 79.9. The number of hydrogen-bond donors (Lipinski definition) is 0. The van der Waals surface area contributed by atoms with Crippen LogP contribution in [0.1, 0.15) is 5.56 Å². The topological polar surface area (TPSA) is 0 Å². The summed E-state index contributed by atoms with van der Waals surface area (Å²) < 4.78 is 13.3. The summed E-state index contributed by atoms with van der Waals surface area (Å²) >= 11 is 8.70. The third kappa shape index (κ3) is 2.61. The van der Waals surface area contributed by atoms with Crippen LogP contribution >= 0.6 is 27.5 Å². The van der Waals surface area contributed by atoms with Crippen LogP contribution in [-0.2, 0) is 0 Å². The van der Waals surface area contributed by atoms with Crippen molar-refractivity contribution in [3.63, 3.8) is 0 Å². The molecule has 3 heteroatoms. The van der Waals surface area contributed by atoms with Crippen LogP contribution in [0.5, 0.6) is 0 Å². The van der Waals surface area contributed by atoms with Crippen molar-refractivity contribution < 1.29 is 4.39 Å². The quantitative estimate of drug-likeness (QED) is 0.699. The van der Waals surface area contributed by atoms with Crippen molar-refractivity contribution in [2.24, 2.45) is 0 Å². The van der Waals surface area contributed by atoms with Crippen LogP contribution in [0.15, 0.2) is 28.7 Å². The first-order valence-electron chi connectivity index (χ1n) is 3.41. The van der Waals surface area contributed by atoms with Crippen molar-refractivity contribution in [1.29, 1.82) is 0 Å². The molecule has 12 heavy (non-hydrogen) atoms. The van der Waals surface area contributed by atoms with Gasteiger partial charge in [0.05, 0.1) is 0 Å². The van der Waals surface area contributed by atoms with E-state index in [0.717, 1.165) is 10.0 Å². The molecule has 0 aromatic heterocycles. The van der Waals surface area contributed by atoms with Crippen LogP contribution in [-0.4, -0.2) is 5.88 Å². The van der Waals surface area contributed by atoms with Crippen molar-refractivity contribution in [2.75, 3.05) is 5.88 Å². The molecule has 0 atom stereocenters. The molecule has 0 bridgehead atoms. The van der Waals surface area contributed by atoms with Gasteiger partial charge in [-0.15, -0.1) is 11.6 Å². The van der Waals surface area contributed by atoms with E-state index in [4.69, 9.17) is 11.6 Å². The van der Waals surface area contributed by atoms with Crippen molar-refractivity contribution in [1.82, 2.24) is 0 Å². The number of hydrogen-bond acceptors (Lipinski definition) is 0. The molecule has 0 aliphatic carbocycles. The Bertz CT molecular complexity index is 297. The fourth-order valence-corrected chi connectivity index (χ4v) is 1.38. The van der Waals surface area contributed by atoms with Crippen LogP contribution in [0.3, 0.4) is 0 Å². The van der Waals surface area contributed by atoms with Crippen LogP contribution < -0.4 is 0 Å². The Labute approximate surface area is 84.2 Å². The fourth-order valence-electron chi connectivity index (χ4n) is 0.808. The summed E-state index contributed by atoms with van der Waals surface area (Å²) in [5, 5.41) is 0. The third-order valence-electron chi connectivity index (χ3n) is 1.35. The highest BCUT2D eigenvalue weighted by molar-refractivity contribution is 9.10. The smallest absolute Gasteiger partial charge is 0.124 e. The maximum atomic E-state index is 12.6. The molecule has 1 rings (SSSR count). The number of halogens is 3. The van der Waals surface area contributed by atoms with E-state index in [1.54, 1.807) is 12.1 Å². The molecule has 0 N–H and O–H groups in total. The molecule has 0 amide bonds. The van der Waals surface area contributed by atoms with Gasteiger partial charge in [0.2, 0.25) is 0 Å². The fraction of sp³-hybridized carbons (Fsp3) is 0.111. The van der Waals surface area contributed by atoms with Crippen molar-refractivity contribution in [2.45, 2.75) is 0 Å². The molecule has 1 aromatic rings. The summed E-state index contributed by atoms with van der Waals surface area (Å²) in [6.07, 6.45) is 3.65. The highest BCUT2D eigenvalue weighted by Gasteiger charge is 1.96. The van der Waals surface area contributed by atoms with Gasteiger partial charge < -0.3 is 0 Å². The molecular formula is C9H7BrClF. The molecule has 0 spiro atoms. The summed E-state index contributed by atoms with van der Waals surface area (Å²) in [6.45, 7) is 0. The van der Waals surface area contributed by atoms with Gasteiger partial charge in [-0.25, -0.2) is 4.39 Å². The first-order valence-corrected chi connectivity index (χ1v) is 4.74. The van der Waals surface area contributed by atoms with Crippen LogP contribution in [0.4, 0.5) is 4.39 Å². The average Bonchev–Trinajstić information content (AvgIpc) is 2.03. The molecular weight excluding hydrogens is 242 g/mol. The van der Waals surface area contributed by atoms with E-state index in [0.29, 0.717) is 5.88 Å². The highest BCUT2D eigenvalue weighted by Crippen LogP contribution is 2.19. The first-order chi connectivity index (χ1) is 5.74. The Kier molecular flexibility index (Phi) is 3.76. The van der Waals surface area contributed by atoms with E-state index >= 15 is 0 Å². The second-order valence-corrected chi connectivity index (χ2v) is 3.39. The molecule has 0 saturated carbocycles. The van der Waals surface area contributed by atoms with Gasteiger partial charge in [-0.2, -0.15) is 0 Å². The SMILES string of the molecule is Fc1ccc(/C=C/CCl)c(Br)c1. The standard InChI is InChI=1S/C9H7BrClF/c10-9-6-8(12)4-3-7(9)2-1-5-11/h1-4,6H,5H2/b2-1+. The Balaban J connectivity index is 2.94. The molecule has 0 nitrogen and oxygen atoms in total. The summed E-state index contributed by atoms with van der Waals surface area (Å²) in [5.41, 5.74) is 0.928. The van der Waals surface area contributed by atoms with Crippen molar-refractivity contribution >= 4 is 33.6 Å². The number of allylic oxidation sites excluding steroid dienone is 1. The molecule has 64 valence electrons. The largest absolute Gasteiger partial charge is 0.207 e.